The normalized spacial score (nSPS) is 12.0. The summed E-state index contributed by atoms with van der Waals surface area (Å²) >= 11 is 5.33. The molecule has 1 heterocycles. The largest absolute Gasteiger partial charge is 0.493 e. The van der Waals surface area contributed by atoms with E-state index >= 15 is 0 Å². The maximum atomic E-state index is 10.7. The van der Waals surface area contributed by atoms with E-state index in [1.165, 1.54) is 0 Å². The monoisotopic (exact) mass is 343 g/mol. The van der Waals surface area contributed by atoms with Crippen LogP contribution in [0.5, 0.6) is 11.5 Å². The molecule has 1 aromatic heterocycles. The molecule has 2 aromatic carbocycles. The van der Waals surface area contributed by atoms with E-state index < -0.39 is 6.10 Å². The first-order valence-electron chi connectivity index (χ1n) is 7.28. The van der Waals surface area contributed by atoms with Crippen LogP contribution in [0, 0.1) is 4.77 Å². The molecule has 0 aliphatic rings. The molecule has 0 spiro atoms. The van der Waals surface area contributed by atoms with Gasteiger partial charge in [-0.25, -0.2) is 0 Å². The van der Waals surface area contributed by atoms with E-state index in [1.54, 1.807) is 30.9 Å². The molecule has 7 heteroatoms. The summed E-state index contributed by atoms with van der Waals surface area (Å²) in [4.78, 5) is 0. The molecule has 0 radical (unpaired) electrons. The Morgan fingerprint density at radius 2 is 1.79 bits per heavy atom. The van der Waals surface area contributed by atoms with E-state index in [0.717, 1.165) is 11.3 Å². The van der Waals surface area contributed by atoms with Gasteiger partial charge in [-0.15, -0.1) is 0 Å². The average molecular weight is 343 g/mol. The molecule has 3 aromatic rings. The number of rotatable bonds is 5. The number of aromatic nitrogens is 3. The van der Waals surface area contributed by atoms with Gasteiger partial charge in [0.1, 0.15) is 6.10 Å². The minimum atomic E-state index is -0.910. The van der Waals surface area contributed by atoms with Crippen LogP contribution in [0.4, 0.5) is 0 Å². The third-order valence-corrected chi connectivity index (χ3v) is 3.96. The highest BCUT2D eigenvalue weighted by Crippen LogP contribution is 2.31. The van der Waals surface area contributed by atoms with Crippen molar-refractivity contribution in [2.75, 3.05) is 14.2 Å². The molecule has 124 valence electrons. The van der Waals surface area contributed by atoms with Crippen LogP contribution in [0.1, 0.15) is 17.5 Å². The molecule has 6 nitrogen and oxygen atoms in total. The zero-order valence-electron chi connectivity index (χ0n) is 13.3. The lowest BCUT2D eigenvalue weighted by Crippen LogP contribution is -2.09. The first-order valence-corrected chi connectivity index (χ1v) is 7.69. The quantitative estimate of drug-likeness (QED) is 0.697. The Morgan fingerprint density at radius 3 is 2.46 bits per heavy atom. The summed E-state index contributed by atoms with van der Waals surface area (Å²) in [6.07, 6.45) is -0.910. The predicted octanol–water partition coefficient (Wildman–Crippen LogP) is 3.03. The fourth-order valence-electron chi connectivity index (χ4n) is 2.49. The summed E-state index contributed by atoms with van der Waals surface area (Å²) < 4.78 is 12.6. The number of aliphatic hydroxyl groups is 1. The number of nitrogens with zero attached hydrogens (tertiary/aromatic N) is 2. The van der Waals surface area contributed by atoms with Crippen LogP contribution < -0.4 is 9.47 Å². The van der Waals surface area contributed by atoms with Crippen LogP contribution in [0.2, 0.25) is 0 Å². The van der Waals surface area contributed by atoms with Crippen LogP contribution in [0.3, 0.4) is 0 Å². The van der Waals surface area contributed by atoms with Gasteiger partial charge in [0, 0.05) is 6.07 Å². The standard InChI is InChI=1S/C17H17N3O3S/c1-22-13-9-8-12(10-14(13)23-2)20-16(18-19-17(20)24)15(21)11-6-4-3-5-7-11/h3-10,15,21H,1-2H3,(H,19,24). The second-order valence-electron chi connectivity index (χ2n) is 5.07. The molecule has 24 heavy (non-hydrogen) atoms. The van der Waals surface area contributed by atoms with Gasteiger partial charge in [-0.05, 0) is 29.9 Å². The molecular weight excluding hydrogens is 326 g/mol. The van der Waals surface area contributed by atoms with E-state index in [0.29, 0.717) is 22.1 Å². The Bertz CT molecular complexity index is 890. The molecule has 2 N–H and O–H groups in total. The Labute approximate surface area is 144 Å². The second kappa shape index (κ2) is 6.86. The van der Waals surface area contributed by atoms with Gasteiger partial charge >= 0.3 is 0 Å². The average Bonchev–Trinajstić information content (AvgIpc) is 3.02. The third kappa shape index (κ3) is 2.91. The molecule has 1 unspecified atom stereocenters. The van der Waals surface area contributed by atoms with Crippen LogP contribution >= 0.6 is 12.2 Å². The van der Waals surface area contributed by atoms with Crippen molar-refractivity contribution in [2.45, 2.75) is 6.10 Å². The Balaban J connectivity index is 2.10. The molecule has 1 atom stereocenters. The number of aliphatic hydroxyl groups excluding tert-OH is 1. The van der Waals surface area contributed by atoms with E-state index in [-0.39, 0.29) is 0 Å². The third-order valence-electron chi connectivity index (χ3n) is 3.68. The van der Waals surface area contributed by atoms with Crippen molar-refractivity contribution in [3.8, 4) is 17.2 Å². The molecule has 0 aliphatic heterocycles. The molecule has 0 saturated carbocycles. The summed E-state index contributed by atoms with van der Waals surface area (Å²) in [6.45, 7) is 0. The van der Waals surface area contributed by atoms with Crippen molar-refractivity contribution in [1.82, 2.24) is 14.8 Å². The first kappa shape index (κ1) is 16.2. The van der Waals surface area contributed by atoms with Crippen LogP contribution in [-0.2, 0) is 0 Å². The minimum Gasteiger partial charge on any atom is -0.493 e. The number of hydrogen-bond donors (Lipinski definition) is 2. The fourth-order valence-corrected chi connectivity index (χ4v) is 2.74. The van der Waals surface area contributed by atoms with Crippen molar-refractivity contribution >= 4 is 12.2 Å². The van der Waals surface area contributed by atoms with Gasteiger partial charge in [0.25, 0.3) is 0 Å². The molecule has 0 amide bonds. The van der Waals surface area contributed by atoms with Gasteiger partial charge in [-0.3, -0.25) is 9.67 Å². The second-order valence-corrected chi connectivity index (χ2v) is 5.46. The number of ether oxygens (including phenoxy) is 2. The summed E-state index contributed by atoms with van der Waals surface area (Å²) in [5.74, 6) is 1.58. The Morgan fingerprint density at radius 1 is 1.08 bits per heavy atom. The number of H-pyrrole nitrogens is 1. The molecule has 0 saturated heterocycles. The Hall–Kier alpha value is -2.64. The van der Waals surface area contributed by atoms with Crippen molar-refractivity contribution in [3.63, 3.8) is 0 Å². The molecule has 0 fully saturated rings. The summed E-state index contributed by atoms with van der Waals surface area (Å²) in [7, 11) is 3.14. The van der Waals surface area contributed by atoms with E-state index in [4.69, 9.17) is 21.7 Å². The maximum Gasteiger partial charge on any atom is 0.199 e. The van der Waals surface area contributed by atoms with Gasteiger partial charge in [0.05, 0.1) is 19.9 Å². The zero-order valence-corrected chi connectivity index (χ0v) is 14.1. The lowest BCUT2D eigenvalue weighted by atomic mass is 10.1. The lowest BCUT2D eigenvalue weighted by molar-refractivity contribution is 0.207. The van der Waals surface area contributed by atoms with Gasteiger partial charge < -0.3 is 14.6 Å². The van der Waals surface area contributed by atoms with Gasteiger partial charge in [0.2, 0.25) is 0 Å². The summed E-state index contributed by atoms with van der Waals surface area (Å²) in [6, 6.07) is 14.7. The number of hydrogen-bond acceptors (Lipinski definition) is 5. The zero-order chi connectivity index (χ0) is 17.1. The van der Waals surface area contributed by atoms with Crippen molar-refractivity contribution in [1.29, 1.82) is 0 Å². The van der Waals surface area contributed by atoms with Crippen LogP contribution in [-0.4, -0.2) is 34.1 Å². The minimum absolute atomic E-state index is 0.382. The Kier molecular flexibility index (Phi) is 4.64. The fraction of sp³-hybridized carbons (Fsp3) is 0.176. The van der Waals surface area contributed by atoms with Gasteiger partial charge in [-0.2, -0.15) is 5.10 Å². The molecule has 3 rings (SSSR count). The van der Waals surface area contributed by atoms with E-state index in [9.17, 15) is 5.11 Å². The van der Waals surface area contributed by atoms with Gasteiger partial charge in [-0.1, -0.05) is 30.3 Å². The number of aromatic amines is 1. The SMILES string of the molecule is COc1ccc(-n2c(C(O)c3ccccc3)n[nH]c2=S)cc1OC. The van der Waals surface area contributed by atoms with Crippen LogP contribution in [0.15, 0.2) is 48.5 Å². The summed E-state index contributed by atoms with van der Waals surface area (Å²) in [5, 5.41) is 17.6. The number of nitrogens with one attached hydrogen (secondary N) is 1. The highest BCUT2D eigenvalue weighted by atomic mass is 32.1. The summed E-state index contributed by atoms with van der Waals surface area (Å²) in [5.41, 5.74) is 1.45. The van der Waals surface area contributed by atoms with Crippen molar-refractivity contribution in [3.05, 3.63) is 64.7 Å². The highest BCUT2D eigenvalue weighted by molar-refractivity contribution is 7.71. The lowest BCUT2D eigenvalue weighted by Gasteiger charge is -2.14. The molecular formula is C17H17N3O3S. The smallest absolute Gasteiger partial charge is 0.199 e. The number of methoxy groups -OCH3 is 2. The van der Waals surface area contributed by atoms with Crippen LogP contribution in [0.25, 0.3) is 5.69 Å². The van der Waals surface area contributed by atoms with Crippen molar-refractivity contribution < 1.29 is 14.6 Å². The molecule has 0 aliphatic carbocycles. The first-order chi connectivity index (χ1) is 11.7. The molecule has 0 bridgehead atoms. The van der Waals surface area contributed by atoms with E-state index in [1.807, 2.05) is 36.4 Å². The maximum absolute atomic E-state index is 10.7. The number of benzene rings is 2. The van der Waals surface area contributed by atoms with E-state index in [2.05, 4.69) is 10.2 Å². The topological polar surface area (TPSA) is 72.3 Å². The van der Waals surface area contributed by atoms with Crippen molar-refractivity contribution in [2.24, 2.45) is 0 Å². The highest BCUT2D eigenvalue weighted by Gasteiger charge is 2.19. The van der Waals surface area contributed by atoms with Gasteiger partial charge in [0.15, 0.2) is 22.1 Å². The predicted molar refractivity (Wildman–Crippen MR) is 92.4 cm³/mol.